The molecule has 0 radical (unpaired) electrons. The molecule has 2 aliphatic heterocycles. The average molecular weight is 591 g/mol. The van der Waals surface area contributed by atoms with Crippen LogP contribution in [0.2, 0.25) is 0 Å². The summed E-state index contributed by atoms with van der Waals surface area (Å²) >= 11 is 0. The van der Waals surface area contributed by atoms with Crippen LogP contribution in [-0.4, -0.2) is 41.1 Å². The number of amides is 1. The number of ether oxygens (including phenoxy) is 2. The molecule has 0 N–H and O–H groups in total. The number of carbonyl (C=O) groups is 2. The van der Waals surface area contributed by atoms with Gasteiger partial charge < -0.3 is 14.4 Å². The third-order valence-electron chi connectivity index (χ3n) is 9.16. The molecular weight excluding hydrogens is 557 g/mol. The molecular formula is C34H33F3N2O4. The topological polar surface area (TPSA) is 68.7 Å². The Morgan fingerprint density at radius 1 is 1.09 bits per heavy atom. The molecule has 0 unspecified atom stereocenters. The molecule has 6 rings (SSSR count). The lowest BCUT2D eigenvalue weighted by Gasteiger charge is -2.48. The molecule has 3 heterocycles. The highest BCUT2D eigenvalue weighted by Crippen LogP contribution is 2.51. The van der Waals surface area contributed by atoms with Gasteiger partial charge in [-0.2, -0.15) is 13.2 Å². The van der Waals surface area contributed by atoms with Crippen LogP contribution >= 0.6 is 0 Å². The van der Waals surface area contributed by atoms with Crippen LogP contribution in [0, 0.1) is 29.6 Å². The number of halogens is 3. The van der Waals surface area contributed by atoms with E-state index in [9.17, 15) is 22.8 Å². The van der Waals surface area contributed by atoms with Crippen LogP contribution in [0.1, 0.15) is 36.6 Å². The summed E-state index contributed by atoms with van der Waals surface area (Å²) < 4.78 is 50.8. The van der Waals surface area contributed by atoms with Gasteiger partial charge in [-0.05, 0) is 72.9 Å². The van der Waals surface area contributed by atoms with Crippen molar-refractivity contribution in [3.05, 3.63) is 95.8 Å². The largest absolute Gasteiger partial charge is 0.462 e. The number of benzene rings is 2. The minimum atomic E-state index is -4.41. The van der Waals surface area contributed by atoms with Crippen LogP contribution in [0.15, 0.2) is 79.0 Å². The Labute approximate surface area is 248 Å². The Morgan fingerprint density at radius 3 is 2.65 bits per heavy atom. The number of esters is 1. The average Bonchev–Trinajstić information content (AvgIpc) is 3.30. The van der Waals surface area contributed by atoms with Gasteiger partial charge in [0.2, 0.25) is 0 Å². The van der Waals surface area contributed by atoms with Gasteiger partial charge in [-0.25, -0.2) is 4.79 Å². The number of rotatable bonds is 5. The van der Waals surface area contributed by atoms with Crippen molar-refractivity contribution in [3.8, 4) is 11.1 Å². The number of likely N-dealkylation sites (tertiary alicyclic amines) is 1. The number of carbonyl (C=O) groups excluding carboxylic acids is 2. The van der Waals surface area contributed by atoms with E-state index >= 15 is 0 Å². The van der Waals surface area contributed by atoms with Crippen LogP contribution in [-0.2, 0) is 27.1 Å². The van der Waals surface area contributed by atoms with E-state index in [1.54, 1.807) is 29.3 Å². The predicted molar refractivity (Wildman–Crippen MR) is 154 cm³/mol. The Hall–Kier alpha value is -4.14. The molecule has 1 aliphatic carbocycles. The second kappa shape index (κ2) is 11.9. The Bertz CT molecular complexity index is 1490. The van der Waals surface area contributed by atoms with Crippen molar-refractivity contribution in [2.24, 2.45) is 29.6 Å². The van der Waals surface area contributed by atoms with Gasteiger partial charge in [-0.1, -0.05) is 54.6 Å². The second-order valence-electron chi connectivity index (χ2n) is 11.7. The van der Waals surface area contributed by atoms with E-state index < -0.39 is 11.7 Å². The summed E-state index contributed by atoms with van der Waals surface area (Å²) in [5.74, 6) is 0.0627. The number of allylic oxidation sites excluding steroid dienone is 1. The third kappa shape index (κ3) is 6.17. The minimum Gasteiger partial charge on any atom is -0.462 e. The number of nitrogens with zero attached hydrogens (tertiary/aromatic N) is 2. The third-order valence-corrected chi connectivity index (χ3v) is 9.16. The van der Waals surface area contributed by atoms with Crippen molar-refractivity contribution >= 4 is 18.1 Å². The first kappa shape index (κ1) is 29.0. The standard InChI is InChI=1S/C34H33F3N2O4/c1-21-31-29(13-12-27-11-10-24(18-38-27)23-8-5-9-26(16-23)34(35,36)37)28-14-15-39(19-25(28)17-30(31)32(40)43-21)33(41)42-20-22-6-3-2-4-7-22/h2-13,16,18,21,25,28-31H,14-15,17,19-20H2,1H3/b13-12+/t21-,25-,28-,29+,30-,31+/m1/s1. The SMILES string of the molecule is C[C@H]1OC(=O)[C@@H]2C[C@@H]3CN(C(=O)OCc4ccccc4)CC[C@H]3[C@H](/C=C/c3ccc(-c4cccc(C(F)(F)F)c4)cn3)[C@H]12. The van der Waals surface area contributed by atoms with Gasteiger partial charge in [0, 0.05) is 30.8 Å². The summed E-state index contributed by atoms with van der Waals surface area (Å²) in [6.45, 7) is 3.26. The molecule has 3 aromatic rings. The number of cyclic esters (lactones) is 1. The monoisotopic (exact) mass is 590 g/mol. The number of piperidine rings is 1. The van der Waals surface area contributed by atoms with E-state index in [0.29, 0.717) is 36.3 Å². The summed E-state index contributed by atoms with van der Waals surface area (Å²) in [6, 6.07) is 18.3. The molecule has 1 saturated carbocycles. The maximum Gasteiger partial charge on any atom is 0.416 e. The second-order valence-corrected chi connectivity index (χ2v) is 11.7. The van der Waals surface area contributed by atoms with Gasteiger partial charge in [-0.15, -0.1) is 0 Å². The predicted octanol–water partition coefficient (Wildman–Crippen LogP) is 7.25. The van der Waals surface area contributed by atoms with Crippen molar-refractivity contribution in [2.75, 3.05) is 13.1 Å². The molecule has 6 nitrogen and oxygen atoms in total. The van der Waals surface area contributed by atoms with Crippen molar-refractivity contribution in [3.63, 3.8) is 0 Å². The molecule has 224 valence electrons. The maximum atomic E-state index is 13.2. The van der Waals surface area contributed by atoms with Gasteiger partial charge in [0.05, 0.1) is 17.2 Å². The van der Waals surface area contributed by atoms with E-state index in [0.717, 1.165) is 24.1 Å². The molecule has 2 aromatic carbocycles. The van der Waals surface area contributed by atoms with Crippen LogP contribution < -0.4 is 0 Å². The van der Waals surface area contributed by atoms with Gasteiger partial charge in [0.1, 0.15) is 12.7 Å². The highest BCUT2D eigenvalue weighted by atomic mass is 19.4. The number of alkyl halides is 3. The van der Waals surface area contributed by atoms with Crippen LogP contribution in [0.4, 0.5) is 18.0 Å². The van der Waals surface area contributed by atoms with Crippen LogP contribution in [0.25, 0.3) is 17.2 Å². The number of hydrogen-bond donors (Lipinski definition) is 0. The summed E-state index contributed by atoms with van der Waals surface area (Å²) in [7, 11) is 0. The first-order chi connectivity index (χ1) is 20.7. The highest BCUT2D eigenvalue weighted by Gasteiger charge is 2.54. The van der Waals surface area contributed by atoms with Gasteiger partial charge in [0.15, 0.2) is 0 Å². The molecule has 0 bridgehead atoms. The Kier molecular flexibility index (Phi) is 7.99. The molecule has 6 atom stereocenters. The molecule has 43 heavy (non-hydrogen) atoms. The van der Waals surface area contributed by atoms with Crippen LogP contribution in [0.3, 0.4) is 0 Å². The van der Waals surface area contributed by atoms with Crippen molar-refractivity contribution in [2.45, 2.75) is 38.7 Å². The first-order valence-electron chi connectivity index (χ1n) is 14.7. The van der Waals surface area contributed by atoms with E-state index in [-0.39, 0.29) is 54.4 Å². The van der Waals surface area contributed by atoms with E-state index in [1.807, 2.05) is 43.3 Å². The van der Waals surface area contributed by atoms with E-state index in [1.165, 1.54) is 6.07 Å². The molecule has 0 spiro atoms. The lowest BCUT2D eigenvalue weighted by molar-refractivity contribution is -0.144. The van der Waals surface area contributed by atoms with Crippen molar-refractivity contribution in [1.82, 2.24) is 9.88 Å². The Balaban J connectivity index is 1.17. The first-order valence-corrected chi connectivity index (χ1v) is 14.7. The van der Waals surface area contributed by atoms with Crippen LogP contribution in [0.5, 0.6) is 0 Å². The molecule has 2 saturated heterocycles. The fraction of sp³-hybridized carbons (Fsp3) is 0.382. The smallest absolute Gasteiger partial charge is 0.416 e. The molecule has 3 aliphatic rings. The lowest BCUT2D eigenvalue weighted by atomic mass is 9.59. The van der Waals surface area contributed by atoms with Crippen molar-refractivity contribution < 1.29 is 32.2 Å². The number of hydrogen-bond acceptors (Lipinski definition) is 5. The zero-order chi connectivity index (χ0) is 30.1. The summed E-state index contributed by atoms with van der Waals surface area (Å²) in [4.78, 5) is 32.0. The number of aromatic nitrogens is 1. The zero-order valence-electron chi connectivity index (χ0n) is 23.7. The Morgan fingerprint density at radius 2 is 1.91 bits per heavy atom. The van der Waals surface area contributed by atoms with Gasteiger partial charge >= 0.3 is 18.2 Å². The quantitative estimate of drug-likeness (QED) is 0.293. The molecule has 3 fully saturated rings. The highest BCUT2D eigenvalue weighted by molar-refractivity contribution is 5.76. The van der Waals surface area contributed by atoms with E-state index in [2.05, 4.69) is 11.1 Å². The maximum absolute atomic E-state index is 13.2. The van der Waals surface area contributed by atoms with Gasteiger partial charge in [0.25, 0.3) is 0 Å². The molecule has 1 aromatic heterocycles. The lowest BCUT2D eigenvalue weighted by Crippen LogP contribution is -2.51. The fourth-order valence-corrected chi connectivity index (χ4v) is 7.09. The molecule has 1 amide bonds. The number of pyridine rings is 1. The number of fused-ring (bicyclic) bond motifs is 2. The normalized spacial score (nSPS) is 27.0. The summed E-state index contributed by atoms with van der Waals surface area (Å²) in [5.41, 5.74) is 1.94. The summed E-state index contributed by atoms with van der Waals surface area (Å²) in [6.07, 6.45) is 2.11. The summed E-state index contributed by atoms with van der Waals surface area (Å²) in [5, 5.41) is 0. The minimum absolute atomic E-state index is 0.0333. The zero-order valence-corrected chi connectivity index (χ0v) is 23.7. The van der Waals surface area contributed by atoms with Crippen molar-refractivity contribution in [1.29, 1.82) is 0 Å². The fourth-order valence-electron chi connectivity index (χ4n) is 7.09. The van der Waals surface area contributed by atoms with E-state index in [4.69, 9.17) is 9.47 Å². The molecule has 9 heteroatoms. The van der Waals surface area contributed by atoms with Gasteiger partial charge in [-0.3, -0.25) is 9.78 Å².